The van der Waals surface area contributed by atoms with Crippen LogP contribution in [0.15, 0.2) is 54.9 Å². The summed E-state index contributed by atoms with van der Waals surface area (Å²) in [5.74, 6) is -0.208. The van der Waals surface area contributed by atoms with E-state index >= 15 is 0 Å². The van der Waals surface area contributed by atoms with Crippen molar-refractivity contribution < 1.29 is 4.39 Å². The van der Waals surface area contributed by atoms with E-state index in [9.17, 15) is 4.39 Å². The number of fused-ring (bicyclic) bond motifs is 1. The van der Waals surface area contributed by atoms with Crippen LogP contribution in [0, 0.1) is 12.7 Å². The third-order valence-electron chi connectivity index (χ3n) is 3.41. The Kier molecular flexibility index (Phi) is 3.33. The highest BCUT2D eigenvalue weighted by Gasteiger charge is 2.03. The van der Waals surface area contributed by atoms with E-state index in [-0.39, 0.29) is 5.82 Å². The Morgan fingerprint density at radius 3 is 2.80 bits per heavy atom. The lowest BCUT2D eigenvalue weighted by atomic mass is 10.1. The fourth-order valence-corrected chi connectivity index (χ4v) is 2.34. The summed E-state index contributed by atoms with van der Waals surface area (Å²) in [6.45, 7) is 2.56. The molecule has 0 bridgehead atoms. The van der Waals surface area contributed by atoms with Gasteiger partial charge < -0.3 is 5.32 Å². The molecule has 0 aliphatic heterocycles. The lowest BCUT2D eigenvalue weighted by molar-refractivity contribution is 0.627. The van der Waals surface area contributed by atoms with Crippen molar-refractivity contribution in [1.29, 1.82) is 0 Å². The smallest absolute Gasteiger partial charge is 0.123 e. The van der Waals surface area contributed by atoms with E-state index in [0.717, 1.165) is 22.2 Å². The van der Waals surface area contributed by atoms with Crippen LogP contribution in [0.5, 0.6) is 0 Å². The molecule has 100 valence electrons. The van der Waals surface area contributed by atoms with Gasteiger partial charge in [-0.15, -0.1) is 0 Å². The summed E-state index contributed by atoms with van der Waals surface area (Å²) < 4.78 is 13.1. The first-order valence-electron chi connectivity index (χ1n) is 6.56. The molecule has 0 atom stereocenters. The van der Waals surface area contributed by atoms with Crippen molar-refractivity contribution >= 4 is 16.5 Å². The zero-order chi connectivity index (χ0) is 13.9. The molecule has 0 aliphatic carbocycles. The summed E-state index contributed by atoms with van der Waals surface area (Å²) in [6, 6.07) is 12.9. The summed E-state index contributed by atoms with van der Waals surface area (Å²) in [5, 5.41) is 5.66. The quantitative estimate of drug-likeness (QED) is 0.764. The van der Waals surface area contributed by atoms with Gasteiger partial charge in [0.05, 0.1) is 0 Å². The van der Waals surface area contributed by atoms with Crippen molar-refractivity contribution in [2.75, 3.05) is 5.32 Å². The normalized spacial score (nSPS) is 10.7. The van der Waals surface area contributed by atoms with Crippen LogP contribution in [0.4, 0.5) is 10.1 Å². The summed E-state index contributed by atoms with van der Waals surface area (Å²) in [6.07, 6.45) is 3.73. The SMILES string of the molecule is Cc1cc(F)ccc1NCc1cncc2ccccc12. The van der Waals surface area contributed by atoms with Crippen LogP contribution in [0.25, 0.3) is 10.8 Å². The summed E-state index contributed by atoms with van der Waals surface area (Å²) in [4.78, 5) is 4.26. The molecule has 0 radical (unpaired) electrons. The number of nitrogens with one attached hydrogen (secondary N) is 1. The van der Waals surface area contributed by atoms with Crippen LogP contribution in [0.2, 0.25) is 0 Å². The van der Waals surface area contributed by atoms with Gasteiger partial charge in [0, 0.05) is 30.0 Å². The van der Waals surface area contributed by atoms with Crippen molar-refractivity contribution in [2.45, 2.75) is 13.5 Å². The molecule has 2 nitrogen and oxygen atoms in total. The second kappa shape index (κ2) is 5.29. The zero-order valence-corrected chi connectivity index (χ0v) is 11.2. The van der Waals surface area contributed by atoms with E-state index in [2.05, 4.69) is 22.4 Å². The molecule has 2 aromatic carbocycles. The van der Waals surface area contributed by atoms with Crippen molar-refractivity contribution in [1.82, 2.24) is 4.98 Å². The van der Waals surface area contributed by atoms with Crippen LogP contribution < -0.4 is 5.32 Å². The molecule has 0 saturated heterocycles. The van der Waals surface area contributed by atoms with Crippen molar-refractivity contribution in [2.24, 2.45) is 0 Å². The number of anilines is 1. The molecule has 20 heavy (non-hydrogen) atoms. The predicted molar refractivity (Wildman–Crippen MR) is 80.2 cm³/mol. The highest BCUT2D eigenvalue weighted by atomic mass is 19.1. The van der Waals surface area contributed by atoms with E-state index in [0.29, 0.717) is 6.54 Å². The molecule has 3 aromatic rings. The van der Waals surface area contributed by atoms with Gasteiger partial charge in [0.15, 0.2) is 0 Å². The fraction of sp³-hybridized carbons (Fsp3) is 0.118. The molecule has 0 amide bonds. The first-order chi connectivity index (χ1) is 9.74. The van der Waals surface area contributed by atoms with Gasteiger partial charge in [-0.3, -0.25) is 4.98 Å². The minimum Gasteiger partial charge on any atom is -0.381 e. The molecule has 1 heterocycles. The molecular weight excluding hydrogens is 251 g/mol. The van der Waals surface area contributed by atoms with Crippen LogP contribution in [0.1, 0.15) is 11.1 Å². The van der Waals surface area contributed by atoms with Gasteiger partial charge in [-0.2, -0.15) is 0 Å². The maximum absolute atomic E-state index is 13.1. The molecule has 0 saturated carbocycles. The highest BCUT2D eigenvalue weighted by Crippen LogP contribution is 2.20. The Labute approximate surface area is 117 Å². The predicted octanol–water partition coefficient (Wildman–Crippen LogP) is 4.29. The number of aryl methyl sites for hydroxylation is 1. The van der Waals surface area contributed by atoms with E-state index in [1.165, 1.54) is 17.5 Å². The fourth-order valence-electron chi connectivity index (χ4n) is 2.34. The Morgan fingerprint density at radius 1 is 1.10 bits per heavy atom. The lowest BCUT2D eigenvalue weighted by Gasteiger charge is -2.11. The van der Waals surface area contributed by atoms with Crippen LogP contribution in [0.3, 0.4) is 0 Å². The number of nitrogens with zero attached hydrogens (tertiary/aromatic N) is 1. The van der Waals surface area contributed by atoms with Gasteiger partial charge >= 0.3 is 0 Å². The van der Waals surface area contributed by atoms with Crippen molar-refractivity contribution in [3.63, 3.8) is 0 Å². The van der Waals surface area contributed by atoms with E-state index in [1.54, 1.807) is 6.07 Å². The third kappa shape index (κ3) is 2.48. The minimum atomic E-state index is -0.208. The van der Waals surface area contributed by atoms with Crippen LogP contribution in [-0.4, -0.2) is 4.98 Å². The van der Waals surface area contributed by atoms with Crippen LogP contribution >= 0.6 is 0 Å². The monoisotopic (exact) mass is 266 g/mol. The second-order valence-electron chi connectivity index (χ2n) is 4.83. The van der Waals surface area contributed by atoms with E-state index < -0.39 is 0 Å². The number of hydrogen-bond donors (Lipinski definition) is 1. The largest absolute Gasteiger partial charge is 0.381 e. The molecule has 3 heteroatoms. The number of rotatable bonds is 3. The summed E-state index contributed by atoms with van der Waals surface area (Å²) >= 11 is 0. The zero-order valence-electron chi connectivity index (χ0n) is 11.2. The van der Waals surface area contributed by atoms with Gasteiger partial charge in [0.25, 0.3) is 0 Å². The highest BCUT2D eigenvalue weighted by molar-refractivity contribution is 5.84. The van der Waals surface area contributed by atoms with E-state index in [1.807, 2.05) is 31.5 Å². The Morgan fingerprint density at radius 2 is 1.95 bits per heavy atom. The van der Waals surface area contributed by atoms with Gasteiger partial charge in [-0.05, 0) is 41.6 Å². The number of pyridine rings is 1. The topological polar surface area (TPSA) is 24.9 Å². The first-order valence-corrected chi connectivity index (χ1v) is 6.56. The minimum absolute atomic E-state index is 0.208. The standard InChI is InChI=1S/C17H15FN2/c1-12-8-15(18)6-7-17(12)20-11-14-10-19-9-13-4-2-3-5-16(13)14/h2-10,20H,11H2,1H3. The van der Waals surface area contributed by atoms with Crippen LogP contribution in [-0.2, 0) is 6.54 Å². The van der Waals surface area contributed by atoms with Crippen molar-refractivity contribution in [3.8, 4) is 0 Å². The van der Waals surface area contributed by atoms with Gasteiger partial charge in [-0.25, -0.2) is 4.39 Å². The second-order valence-corrected chi connectivity index (χ2v) is 4.83. The van der Waals surface area contributed by atoms with Gasteiger partial charge in [0.1, 0.15) is 5.82 Å². The maximum Gasteiger partial charge on any atom is 0.123 e. The molecule has 0 spiro atoms. The Balaban J connectivity index is 1.87. The molecule has 1 aromatic heterocycles. The molecule has 0 aliphatic rings. The Bertz CT molecular complexity index is 748. The average Bonchev–Trinajstić information content (AvgIpc) is 2.46. The molecular formula is C17H15FN2. The number of hydrogen-bond acceptors (Lipinski definition) is 2. The molecule has 3 rings (SSSR count). The number of aromatic nitrogens is 1. The maximum atomic E-state index is 13.1. The van der Waals surface area contributed by atoms with Gasteiger partial charge in [0.2, 0.25) is 0 Å². The molecule has 1 N–H and O–H groups in total. The van der Waals surface area contributed by atoms with Gasteiger partial charge in [-0.1, -0.05) is 24.3 Å². The molecule has 0 fully saturated rings. The van der Waals surface area contributed by atoms with Crippen molar-refractivity contribution in [3.05, 3.63) is 71.8 Å². The first kappa shape index (κ1) is 12.6. The molecule has 0 unspecified atom stereocenters. The summed E-state index contributed by atoms with van der Waals surface area (Å²) in [7, 11) is 0. The number of halogens is 1. The average molecular weight is 266 g/mol. The lowest BCUT2D eigenvalue weighted by Crippen LogP contribution is -2.02. The number of benzene rings is 2. The van der Waals surface area contributed by atoms with E-state index in [4.69, 9.17) is 0 Å². The third-order valence-corrected chi connectivity index (χ3v) is 3.41. The Hall–Kier alpha value is -2.42. The summed E-state index contributed by atoms with van der Waals surface area (Å²) in [5.41, 5.74) is 2.98.